The van der Waals surface area contributed by atoms with Gasteiger partial charge in [0.1, 0.15) is 0 Å². The molecule has 0 spiro atoms. The lowest BCUT2D eigenvalue weighted by atomic mass is 9.77. The first-order valence-electron chi connectivity index (χ1n) is 10.4. The SMILES string of the molecule is O=C(NC1CCN(C(=O)C2(c3ccccc3)CCCC2)CC1)c1ccccc1. The fraction of sp³-hybridized carbons (Fsp3) is 0.417. The van der Waals surface area contributed by atoms with E-state index in [1.807, 2.05) is 53.4 Å². The molecule has 4 rings (SSSR count). The van der Waals surface area contributed by atoms with Crippen LogP contribution in [-0.4, -0.2) is 35.8 Å². The molecule has 1 aliphatic heterocycles. The van der Waals surface area contributed by atoms with Crippen LogP contribution in [0.25, 0.3) is 0 Å². The van der Waals surface area contributed by atoms with Gasteiger partial charge >= 0.3 is 0 Å². The quantitative estimate of drug-likeness (QED) is 0.879. The summed E-state index contributed by atoms with van der Waals surface area (Å²) in [7, 11) is 0. The summed E-state index contributed by atoms with van der Waals surface area (Å²) in [5, 5.41) is 3.13. The highest BCUT2D eigenvalue weighted by Crippen LogP contribution is 2.43. The zero-order valence-electron chi connectivity index (χ0n) is 16.3. The van der Waals surface area contributed by atoms with Crippen LogP contribution in [0.1, 0.15) is 54.4 Å². The third kappa shape index (κ3) is 3.68. The van der Waals surface area contributed by atoms with Crippen molar-refractivity contribution in [2.24, 2.45) is 0 Å². The molecule has 28 heavy (non-hydrogen) atoms. The topological polar surface area (TPSA) is 49.4 Å². The van der Waals surface area contributed by atoms with Crippen LogP contribution in [-0.2, 0) is 10.2 Å². The van der Waals surface area contributed by atoms with Gasteiger partial charge in [-0.3, -0.25) is 9.59 Å². The summed E-state index contributed by atoms with van der Waals surface area (Å²) in [6.07, 6.45) is 5.75. The molecule has 4 nitrogen and oxygen atoms in total. The number of benzene rings is 2. The Morgan fingerprint density at radius 3 is 2.04 bits per heavy atom. The molecule has 2 aliphatic rings. The maximum atomic E-state index is 13.5. The van der Waals surface area contributed by atoms with Crippen molar-refractivity contribution >= 4 is 11.8 Å². The molecule has 1 N–H and O–H groups in total. The summed E-state index contributed by atoms with van der Waals surface area (Å²) >= 11 is 0. The number of likely N-dealkylation sites (tertiary alicyclic amines) is 1. The van der Waals surface area contributed by atoms with Gasteiger partial charge in [-0.1, -0.05) is 61.4 Å². The summed E-state index contributed by atoms with van der Waals surface area (Å²) < 4.78 is 0. The van der Waals surface area contributed by atoms with Crippen molar-refractivity contribution in [2.45, 2.75) is 50.0 Å². The molecule has 0 aromatic heterocycles. The molecule has 4 heteroatoms. The fourth-order valence-corrected chi connectivity index (χ4v) is 4.75. The number of amides is 2. The molecule has 146 valence electrons. The molecule has 0 radical (unpaired) electrons. The average Bonchev–Trinajstić information content (AvgIpc) is 3.26. The van der Waals surface area contributed by atoms with E-state index in [1.54, 1.807) is 0 Å². The van der Waals surface area contributed by atoms with Crippen LogP contribution in [0, 0.1) is 0 Å². The summed E-state index contributed by atoms with van der Waals surface area (Å²) in [5.74, 6) is 0.256. The van der Waals surface area contributed by atoms with E-state index in [-0.39, 0.29) is 23.3 Å². The molecule has 1 saturated heterocycles. The van der Waals surface area contributed by atoms with Crippen LogP contribution in [0.5, 0.6) is 0 Å². The van der Waals surface area contributed by atoms with Gasteiger partial charge in [0.05, 0.1) is 5.41 Å². The van der Waals surface area contributed by atoms with Crippen LogP contribution < -0.4 is 5.32 Å². The Bertz CT molecular complexity index is 805. The van der Waals surface area contributed by atoms with Gasteiger partial charge in [0.2, 0.25) is 5.91 Å². The Hall–Kier alpha value is -2.62. The van der Waals surface area contributed by atoms with Crippen molar-refractivity contribution in [3.63, 3.8) is 0 Å². The largest absolute Gasteiger partial charge is 0.349 e. The van der Waals surface area contributed by atoms with E-state index in [4.69, 9.17) is 0 Å². The second-order valence-corrected chi connectivity index (χ2v) is 8.06. The van der Waals surface area contributed by atoms with Gasteiger partial charge < -0.3 is 10.2 Å². The second kappa shape index (κ2) is 8.17. The zero-order valence-corrected chi connectivity index (χ0v) is 16.3. The highest BCUT2D eigenvalue weighted by Gasteiger charge is 2.45. The Balaban J connectivity index is 1.39. The molecule has 2 amide bonds. The summed E-state index contributed by atoms with van der Waals surface area (Å²) in [6, 6.07) is 19.8. The third-order valence-corrected chi connectivity index (χ3v) is 6.35. The smallest absolute Gasteiger partial charge is 0.251 e. The van der Waals surface area contributed by atoms with Crippen molar-refractivity contribution in [3.05, 3.63) is 71.8 Å². The number of nitrogens with zero attached hydrogens (tertiary/aromatic N) is 1. The fourth-order valence-electron chi connectivity index (χ4n) is 4.75. The van der Waals surface area contributed by atoms with Crippen molar-refractivity contribution in [1.29, 1.82) is 0 Å². The molecule has 2 fully saturated rings. The van der Waals surface area contributed by atoms with E-state index < -0.39 is 0 Å². The Morgan fingerprint density at radius 1 is 0.857 bits per heavy atom. The third-order valence-electron chi connectivity index (χ3n) is 6.35. The van der Waals surface area contributed by atoms with E-state index in [9.17, 15) is 9.59 Å². The number of carbonyl (C=O) groups is 2. The highest BCUT2D eigenvalue weighted by molar-refractivity contribution is 5.94. The monoisotopic (exact) mass is 376 g/mol. The predicted octanol–water partition coefficient (Wildman–Crippen LogP) is 3.92. The van der Waals surface area contributed by atoms with Crippen LogP contribution in [0.2, 0.25) is 0 Å². The normalized spacial score (nSPS) is 19.4. The first-order valence-corrected chi connectivity index (χ1v) is 10.4. The Morgan fingerprint density at radius 2 is 1.43 bits per heavy atom. The van der Waals surface area contributed by atoms with Crippen molar-refractivity contribution in [2.75, 3.05) is 13.1 Å². The van der Waals surface area contributed by atoms with E-state index in [1.165, 1.54) is 0 Å². The van der Waals surface area contributed by atoms with Gasteiger partial charge in [0.25, 0.3) is 5.91 Å². The molecule has 1 aliphatic carbocycles. The number of hydrogen-bond donors (Lipinski definition) is 1. The Kier molecular flexibility index (Phi) is 5.47. The van der Waals surface area contributed by atoms with Gasteiger partial charge in [-0.25, -0.2) is 0 Å². The minimum Gasteiger partial charge on any atom is -0.349 e. The lowest BCUT2D eigenvalue weighted by molar-refractivity contribution is -0.138. The number of rotatable bonds is 4. The lowest BCUT2D eigenvalue weighted by Crippen LogP contribution is -2.51. The molecule has 2 aromatic carbocycles. The van der Waals surface area contributed by atoms with Gasteiger partial charge in [-0.2, -0.15) is 0 Å². The van der Waals surface area contributed by atoms with Crippen LogP contribution in [0.15, 0.2) is 60.7 Å². The molecular formula is C24H28N2O2. The Labute approximate surface area is 166 Å². The van der Waals surface area contributed by atoms with Crippen LogP contribution in [0.4, 0.5) is 0 Å². The van der Waals surface area contributed by atoms with Crippen LogP contribution >= 0.6 is 0 Å². The lowest BCUT2D eigenvalue weighted by Gasteiger charge is -2.39. The van der Waals surface area contributed by atoms with Gasteiger partial charge in [0, 0.05) is 24.7 Å². The molecule has 0 atom stereocenters. The maximum absolute atomic E-state index is 13.5. The number of piperidine rings is 1. The average molecular weight is 377 g/mol. The molecule has 2 aromatic rings. The van der Waals surface area contributed by atoms with Gasteiger partial charge in [0.15, 0.2) is 0 Å². The molecular weight excluding hydrogens is 348 g/mol. The number of hydrogen-bond acceptors (Lipinski definition) is 2. The minimum atomic E-state index is -0.346. The number of nitrogens with one attached hydrogen (secondary N) is 1. The molecule has 0 unspecified atom stereocenters. The first kappa shape index (κ1) is 18.7. The summed E-state index contributed by atoms with van der Waals surface area (Å²) in [4.78, 5) is 27.9. The zero-order chi connectivity index (χ0) is 19.4. The van der Waals surface area contributed by atoms with Crippen molar-refractivity contribution in [3.8, 4) is 0 Å². The number of carbonyl (C=O) groups excluding carboxylic acids is 2. The van der Waals surface area contributed by atoms with Gasteiger partial charge in [-0.05, 0) is 43.4 Å². The van der Waals surface area contributed by atoms with Crippen molar-refractivity contribution in [1.82, 2.24) is 10.2 Å². The first-order chi connectivity index (χ1) is 13.7. The van der Waals surface area contributed by atoms with E-state index in [0.717, 1.165) is 44.1 Å². The minimum absolute atomic E-state index is 0.0260. The summed E-state index contributed by atoms with van der Waals surface area (Å²) in [6.45, 7) is 1.43. The van der Waals surface area contributed by atoms with Gasteiger partial charge in [-0.15, -0.1) is 0 Å². The standard InChI is InChI=1S/C24H28N2O2/c27-22(19-9-3-1-4-10-19)25-21-13-17-26(18-14-21)23(28)24(15-7-8-16-24)20-11-5-2-6-12-20/h1-6,9-12,21H,7-8,13-18H2,(H,25,27). The van der Waals surface area contributed by atoms with E-state index >= 15 is 0 Å². The van der Waals surface area contributed by atoms with E-state index in [2.05, 4.69) is 17.4 Å². The van der Waals surface area contributed by atoms with Crippen LogP contribution in [0.3, 0.4) is 0 Å². The molecule has 0 bridgehead atoms. The van der Waals surface area contributed by atoms with Crippen molar-refractivity contribution < 1.29 is 9.59 Å². The molecule has 1 heterocycles. The predicted molar refractivity (Wildman–Crippen MR) is 110 cm³/mol. The second-order valence-electron chi connectivity index (χ2n) is 8.06. The highest BCUT2D eigenvalue weighted by atomic mass is 16.2. The summed E-state index contributed by atoms with van der Waals surface area (Å²) in [5.41, 5.74) is 1.51. The van der Waals surface area contributed by atoms with E-state index in [0.29, 0.717) is 18.7 Å². The molecule has 1 saturated carbocycles. The maximum Gasteiger partial charge on any atom is 0.251 e.